The fourth-order valence-corrected chi connectivity index (χ4v) is 7.88. The van der Waals surface area contributed by atoms with Gasteiger partial charge in [-0.15, -0.1) is 0 Å². The Morgan fingerprint density at radius 2 is 0.683 bits per heavy atom. The highest BCUT2D eigenvalue weighted by molar-refractivity contribution is 5.71. The molecular formula is C55H102O8. The standard InChI is InChI=1S/C55H102O8/c1-4-7-10-13-14-15-16-17-18-19-26-31-38-45-53(58)61-48-52(63-55(60)47-40-33-28-23-21-25-30-37-44-51(57)42-35-12-9-6-3)49-62-54(59)46-39-32-27-22-20-24-29-36-43-50(56)41-34-11-8-5-2/h29-30,36-37,50-52,56-57H,4-28,31-35,38-49H2,1-3H3/b36-29-,37-30-/t50-,51-,52-/m1/s1. The second kappa shape index (κ2) is 49.2. The Balaban J connectivity index is 4.45. The lowest BCUT2D eigenvalue weighted by Gasteiger charge is -2.18. The summed E-state index contributed by atoms with van der Waals surface area (Å²) < 4.78 is 16.8. The fourth-order valence-electron chi connectivity index (χ4n) is 7.88. The molecule has 0 amide bonds. The Kier molecular flexibility index (Phi) is 47.5. The first kappa shape index (κ1) is 60.8. The summed E-state index contributed by atoms with van der Waals surface area (Å²) in [5.74, 6) is -0.975. The van der Waals surface area contributed by atoms with Crippen LogP contribution in [-0.4, -0.2) is 59.6 Å². The first-order chi connectivity index (χ1) is 30.8. The lowest BCUT2D eigenvalue weighted by atomic mass is 10.0. The predicted octanol–water partition coefficient (Wildman–Crippen LogP) is 15.5. The lowest BCUT2D eigenvalue weighted by Crippen LogP contribution is -2.30. The van der Waals surface area contributed by atoms with Crippen LogP contribution in [0.15, 0.2) is 24.3 Å². The summed E-state index contributed by atoms with van der Waals surface area (Å²) >= 11 is 0. The highest BCUT2D eigenvalue weighted by Crippen LogP contribution is 2.16. The van der Waals surface area contributed by atoms with Crippen molar-refractivity contribution >= 4 is 17.9 Å². The van der Waals surface area contributed by atoms with Crippen molar-refractivity contribution in [3.05, 3.63) is 24.3 Å². The van der Waals surface area contributed by atoms with E-state index in [1.807, 2.05) is 0 Å². The Hall–Kier alpha value is -2.19. The third-order valence-electron chi connectivity index (χ3n) is 12.1. The van der Waals surface area contributed by atoms with Crippen LogP contribution in [0.2, 0.25) is 0 Å². The minimum Gasteiger partial charge on any atom is -0.462 e. The molecule has 0 aliphatic carbocycles. The van der Waals surface area contributed by atoms with Crippen LogP contribution >= 0.6 is 0 Å². The average Bonchev–Trinajstić information content (AvgIpc) is 3.27. The van der Waals surface area contributed by atoms with Gasteiger partial charge >= 0.3 is 17.9 Å². The summed E-state index contributed by atoms with van der Waals surface area (Å²) in [7, 11) is 0. The van der Waals surface area contributed by atoms with Gasteiger partial charge in [-0.05, 0) is 70.6 Å². The van der Waals surface area contributed by atoms with Crippen LogP contribution in [0.3, 0.4) is 0 Å². The van der Waals surface area contributed by atoms with Gasteiger partial charge in [0.05, 0.1) is 12.2 Å². The van der Waals surface area contributed by atoms with Crippen molar-refractivity contribution in [2.24, 2.45) is 0 Å². The molecule has 0 aromatic heterocycles. The van der Waals surface area contributed by atoms with Gasteiger partial charge in [-0.2, -0.15) is 0 Å². The van der Waals surface area contributed by atoms with Crippen LogP contribution in [0.25, 0.3) is 0 Å². The monoisotopic (exact) mass is 891 g/mol. The molecule has 0 fully saturated rings. The number of aliphatic hydroxyl groups is 2. The number of hydrogen-bond acceptors (Lipinski definition) is 8. The molecule has 0 bridgehead atoms. The molecule has 8 heteroatoms. The Morgan fingerprint density at radius 1 is 0.381 bits per heavy atom. The molecule has 0 saturated carbocycles. The molecule has 0 aromatic carbocycles. The van der Waals surface area contributed by atoms with E-state index in [1.54, 1.807) is 0 Å². The van der Waals surface area contributed by atoms with Gasteiger partial charge in [0.1, 0.15) is 13.2 Å². The number of esters is 3. The number of allylic oxidation sites excluding steroid dienone is 2. The van der Waals surface area contributed by atoms with Gasteiger partial charge in [0, 0.05) is 19.3 Å². The highest BCUT2D eigenvalue weighted by atomic mass is 16.6. The number of carbonyl (C=O) groups is 3. The molecular weight excluding hydrogens is 789 g/mol. The zero-order chi connectivity index (χ0) is 46.1. The van der Waals surface area contributed by atoms with Gasteiger partial charge in [-0.25, -0.2) is 0 Å². The first-order valence-electron chi connectivity index (χ1n) is 27.0. The molecule has 370 valence electrons. The van der Waals surface area contributed by atoms with E-state index in [1.165, 1.54) is 103 Å². The van der Waals surface area contributed by atoms with E-state index in [4.69, 9.17) is 14.2 Å². The Labute approximate surface area is 388 Å². The molecule has 0 rings (SSSR count). The minimum absolute atomic E-state index is 0.105. The van der Waals surface area contributed by atoms with Crippen molar-refractivity contribution in [2.45, 2.75) is 296 Å². The predicted molar refractivity (Wildman–Crippen MR) is 264 cm³/mol. The number of unbranched alkanes of at least 4 members (excludes halogenated alkanes) is 28. The van der Waals surface area contributed by atoms with E-state index >= 15 is 0 Å². The maximum atomic E-state index is 12.8. The van der Waals surface area contributed by atoms with Crippen molar-refractivity contribution < 1.29 is 38.8 Å². The molecule has 0 saturated heterocycles. The smallest absolute Gasteiger partial charge is 0.306 e. The number of hydrogen-bond donors (Lipinski definition) is 2. The third kappa shape index (κ3) is 47.6. The Bertz CT molecular complexity index is 1060. The molecule has 0 unspecified atom stereocenters. The van der Waals surface area contributed by atoms with Crippen molar-refractivity contribution in [2.75, 3.05) is 13.2 Å². The zero-order valence-electron chi connectivity index (χ0n) is 41.6. The van der Waals surface area contributed by atoms with Crippen molar-refractivity contribution in [1.29, 1.82) is 0 Å². The molecule has 0 radical (unpaired) electrons. The number of ether oxygens (including phenoxy) is 3. The highest BCUT2D eigenvalue weighted by Gasteiger charge is 2.19. The molecule has 0 aliphatic rings. The summed E-state index contributed by atoms with van der Waals surface area (Å²) in [4.78, 5) is 38.0. The third-order valence-corrected chi connectivity index (χ3v) is 12.1. The van der Waals surface area contributed by atoms with Gasteiger partial charge in [-0.3, -0.25) is 14.4 Å². The maximum absolute atomic E-state index is 12.8. The van der Waals surface area contributed by atoms with Crippen LogP contribution in [0.5, 0.6) is 0 Å². The van der Waals surface area contributed by atoms with Gasteiger partial charge in [0.15, 0.2) is 6.10 Å². The van der Waals surface area contributed by atoms with E-state index in [2.05, 4.69) is 45.1 Å². The normalized spacial score (nSPS) is 13.2. The molecule has 3 atom stereocenters. The van der Waals surface area contributed by atoms with Crippen LogP contribution in [0, 0.1) is 0 Å². The number of aliphatic hydroxyl groups excluding tert-OH is 2. The number of carbonyl (C=O) groups excluding carboxylic acids is 3. The van der Waals surface area contributed by atoms with Crippen molar-refractivity contribution in [3.8, 4) is 0 Å². The van der Waals surface area contributed by atoms with Crippen LogP contribution in [0.1, 0.15) is 278 Å². The molecule has 0 aromatic rings. The number of rotatable bonds is 49. The fraction of sp³-hybridized carbons (Fsp3) is 0.873. The first-order valence-corrected chi connectivity index (χ1v) is 27.0. The largest absolute Gasteiger partial charge is 0.462 e. The van der Waals surface area contributed by atoms with Crippen LogP contribution in [0.4, 0.5) is 0 Å². The van der Waals surface area contributed by atoms with Gasteiger partial charge in [0.25, 0.3) is 0 Å². The maximum Gasteiger partial charge on any atom is 0.306 e. The van der Waals surface area contributed by atoms with Gasteiger partial charge in [0.2, 0.25) is 0 Å². The molecule has 63 heavy (non-hydrogen) atoms. The molecule has 0 aliphatic heterocycles. The summed E-state index contributed by atoms with van der Waals surface area (Å²) in [5.41, 5.74) is 0. The Morgan fingerprint density at radius 3 is 1.05 bits per heavy atom. The summed E-state index contributed by atoms with van der Waals surface area (Å²) in [5, 5.41) is 20.2. The van der Waals surface area contributed by atoms with Gasteiger partial charge in [-0.1, -0.05) is 212 Å². The van der Waals surface area contributed by atoms with Crippen LogP contribution in [-0.2, 0) is 28.6 Å². The summed E-state index contributed by atoms with van der Waals surface area (Å²) in [6.45, 7) is 6.44. The van der Waals surface area contributed by atoms with Crippen LogP contribution < -0.4 is 0 Å². The molecule has 2 N–H and O–H groups in total. The minimum atomic E-state index is -0.811. The van der Waals surface area contributed by atoms with Gasteiger partial charge < -0.3 is 24.4 Å². The lowest BCUT2D eigenvalue weighted by molar-refractivity contribution is -0.167. The SMILES string of the molecule is CCCCCCCCCCCCCCCC(=O)OC[C@H](COC(=O)CCCCCCC/C=C\C[C@H](O)CCCCCC)OC(=O)CCCCCCC/C=C\C[C@H](O)CCCCCC. The second-order valence-electron chi connectivity index (χ2n) is 18.5. The van der Waals surface area contributed by atoms with E-state index in [0.717, 1.165) is 135 Å². The zero-order valence-corrected chi connectivity index (χ0v) is 41.6. The van der Waals surface area contributed by atoms with E-state index in [0.29, 0.717) is 12.8 Å². The van der Waals surface area contributed by atoms with E-state index in [9.17, 15) is 24.6 Å². The molecule has 0 spiro atoms. The topological polar surface area (TPSA) is 119 Å². The quantitative estimate of drug-likeness (QED) is 0.0268. The molecule has 8 nitrogen and oxygen atoms in total. The average molecular weight is 891 g/mol. The van der Waals surface area contributed by atoms with E-state index in [-0.39, 0.29) is 49.8 Å². The summed E-state index contributed by atoms with van der Waals surface area (Å²) in [6.07, 6.45) is 49.0. The summed E-state index contributed by atoms with van der Waals surface area (Å²) in [6, 6.07) is 0. The second-order valence-corrected chi connectivity index (χ2v) is 18.5. The molecule has 0 heterocycles. The van der Waals surface area contributed by atoms with Crippen molar-refractivity contribution in [1.82, 2.24) is 0 Å². The van der Waals surface area contributed by atoms with E-state index < -0.39 is 6.10 Å². The van der Waals surface area contributed by atoms with Crippen molar-refractivity contribution in [3.63, 3.8) is 0 Å².